The molecule has 1 saturated carbocycles. The number of halogens is 2. The van der Waals surface area contributed by atoms with E-state index in [-0.39, 0.29) is 30.1 Å². The monoisotopic (exact) mass is 619 g/mol. The molecule has 0 unspecified atom stereocenters. The molecule has 0 bridgehead atoms. The molecular formula is C32H43F2N3O5S. The van der Waals surface area contributed by atoms with Gasteiger partial charge in [-0.1, -0.05) is 11.6 Å². The summed E-state index contributed by atoms with van der Waals surface area (Å²) in [4.78, 5) is 18.2. The molecule has 236 valence electrons. The molecule has 4 rings (SSSR count). The third-order valence-corrected chi connectivity index (χ3v) is 9.13. The Morgan fingerprint density at radius 3 is 2.42 bits per heavy atom. The zero-order chi connectivity index (χ0) is 31.1. The topological polar surface area (TPSA) is 88.2 Å². The number of nitrogens with one attached hydrogen (secondary N) is 1. The molecule has 1 amide bonds. The largest absolute Gasteiger partial charge is 0.493 e. The molecule has 43 heavy (non-hydrogen) atoms. The van der Waals surface area contributed by atoms with E-state index in [9.17, 15) is 22.0 Å². The molecule has 2 aliphatic rings. The number of ether oxygens (including phenoxy) is 2. The van der Waals surface area contributed by atoms with E-state index in [1.807, 2.05) is 6.92 Å². The van der Waals surface area contributed by atoms with E-state index in [1.54, 1.807) is 29.2 Å². The smallest absolute Gasteiger partial charge is 0.254 e. The Hall–Kier alpha value is -3.02. The Bertz CT molecular complexity index is 1410. The number of amides is 1. The van der Waals surface area contributed by atoms with Crippen LogP contribution in [-0.4, -0.2) is 82.9 Å². The van der Waals surface area contributed by atoms with Gasteiger partial charge in [-0.2, -0.15) is 0 Å². The van der Waals surface area contributed by atoms with Crippen LogP contribution in [0.4, 0.5) is 8.78 Å². The Morgan fingerprint density at radius 2 is 1.77 bits per heavy atom. The number of hydrogen-bond acceptors (Lipinski definition) is 6. The lowest BCUT2D eigenvalue weighted by Crippen LogP contribution is -2.46. The first-order valence-corrected chi connectivity index (χ1v) is 16.7. The summed E-state index contributed by atoms with van der Waals surface area (Å²) >= 11 is 0. The van der Waals surface area contributed by atoms with Gasteiger partial charge in [-0.25, -0.2) is 21.9 Å². The van der Waals surface area contributed by atoms with Gasteiger partial charge in [0.2, 0.25) is 10.0 Å². The van der Waals surface area contributed by atoms with Crippen molar-refractivity contribution in [3.05, 3.63) is 64.7 Å². The number of rotatable bonds is 12. The quantitative estimate of drug-likeness (QED) is 0.356. The van der Waals surface area contributed by atoms with E-state index < -0.39 is 21.7 Å². The highest BCUT2D eigenvalue weighted by atomic mass is 32.2. The highest BCUT2D eigenvalue weighted by Gasteiger charge is 2.32. The summed E-state index contributed by atoms with van der Waals surface area (Å²) in [5, 5.41) is 0. The molecule has 2 fully saturated rings. The molecule has 1 saturated heterocycles. The highest BCUT2D eigenvalue weighted by molar-refractivity contribution is 7.88. The minimum atomic E-state index is -3.21. The standard InChI is InChI=1S/C32H43F2N3O5S/c1-22(16-24-9-11-26(33)18-29(24)34)19-37(32(38)25-10-14-30(41-2)31(17-25)42-3)21-28-6-5-15-36(28)20-23-7-12-27(13-8-23)35-43(4,39)40/h9-11,14,16-18,23,27-28,35H,5-8,12-13,15,19-21H2,1-4H3/b22-16+/t23-,27-,28-/m0/s1. The van der Waals surface area contributed by atoms with Gasteiger partial charge in [0.05, 0.1) is 20.5 Å². The highest BCUT2D eigenvalue weighted by Crippen LogP contribution is 2.31. The second-order valence-electron chi connectivity index (χ2n) is 11.8. The third-order valence-electron chi connectivity index (χ3n) is 8.37. The van der Waals surface area contributed by atoms with Crippen molar-refractivity contribution in [3.8, 4) is 11.5 Å². The molecule has 1 aliphatic heterocycles. The van der Waals surface area contributed by atoms with E-state index in [4.69, 9.17) is 9.47 Å². The summed E-state index contributed by atoms with van der Waals surface area (Å²) in [5.74, 6) is -0.0161. The zero-order valence-corrected chi connectivity index (χ0v) is 26.3. The van der Waals surface area contributed by atoms with Crippen LogP contribution in [0.2, 0.25) is 0 Å². The molecule has 2 aromatic rings. The number of carbonyl (C=O) groups excluding carboxylic acids is 1. The van der Waals surface area contributed by atoms with Gasteiger partial charge in [-0.15, -0.1) is 0 Å². The van der Waals surface area contributed by atoms with Gasteiger partial charge in [0.1, 0.15) is 11.6 Å². The maximum Gasteiger partial charge on any atom is 0.254 e. The summed E-state index contributed by atoms with van der Waals surface area (Å²) in [6.07, 6.45) is 8.40. The average Bonchev–Trinajstić information content (AvgIpc) is 3.39. The molecule has 1 N–H and O–H groups in total. The van der Waals surface area contributed by atoms with Crippen LogP contribution in [0.25, 0.3) is 6.08 Å². The van der Waals surface area contributed by atoms with Crippen molar-refractivity contribution >= 4 is 22.0 Å². The van der Waals surface area contributed by atoms with Gasteiger partial charge in [-0.3, -0.25) is 9.69 Å². The summed E-state index contributed by atoms with van der Waals surface area (Å²) in [7, 11) is -0.152. The molecule has 2 aromatic carbocycles. The van der Waals surface area contributed by atoms with E-state index in [0.717, 1.165) is 63.3 Å². The number of likely N-dealkylation sites (tertiary alicyclic amines) is 1. The van der Waals surface area contributed by atoms with Crippen LogP contribution >= 0.6 is 0 Å². The Morgan fingerprint density at radius 1 is 1.05 bits per heavy atom. The normalized spacial score (nSPS) is 21.5. The van der Waals surface area contributed by atoms with Gasteiger partial charge >= 0.3 is 0 Å². The van der Waals surface area contributed by atoms with Crippen molar-refractivity contribution < 1.29 is 31.5 Å². The Balaban J connectivity index is 1.50. The van der Waals surface area contributed by atoms with E-state index in [0.29, 0.717) is 29.5 Å². The second kappa shape index (κ2) is 14.6. The average molecular weight is 620 g/mol. The lowest BCUT2D eigenvalue weighted by Gasteiger charge is -2.35. The lowest BCUT2D eigenvalue weighted by atomic mass is 9.86. The van der Waals surface area contributed by atoms with Crippen molar-refractivity contribution in [2.75, 3.05) is 46.7 Å². The number of hydrogen-bond donors (Lipinski definition) is 1. The summed E-state index contributed by atoms with van der Waals surface area (Å²) in [5.41, 5.74) is 1.49. The van der Waals surface area contributed by atoms with Crippen molar-refractivity contribution in [1.82, 2.24) is 14.5 Å². The number of nitrogens with zero attached hydrogens (tertiary/aromatic N) is 2. The van der Waals surface area contributed by atoms with Crippen LogP contribution in [0, 0.1) is 17.6 Å². The van der Waals surface area contributed by atoms with Crippen LogP contribution in [0.5, 0.6) is 11.5 Å². The van der Waals surface area contributed by atoms with Gasteiger partial charge < -0.3 is 14.4 Å². The summed E-state index contributed by atoms with van der Waals surface area (Å²) in [6.45, 7) is 4.46. The van der Waals surface area contributed by atoms with E-state index in [2.05, 4.69) is 9.62 Å². The fourth-order valence-electron chi connectivity index (χ4n) is 6.30. The lowest BCUT2D eigenvalue weighted by molar-refractivity contribution is 0.0708. The summed E-state index contributed by atoms with van der Waals surface area (Å²) in [6, 6.07) is 8.71. The van der Waals surface area contributed by atoms with Gasteiger partial charge in [0.15, 0.2) is 11.5 Å². The molecule has 1 atom stereocenters. The molecule has 1 aliphatic carbocycles. The van der Waals surface area contributed by atoms with Crippen LogP contribution < -0.4 is 14.2 Å². The molecule has 11 heteroatoms. The molecule has 1 heterocycles. The van der Waals surface area contributed by atoms with Crippen LogP contribution in [-0.2, 0) is 10.0 Å². The van der Waals surface area contributed by atoms with Crippen molar-refractivity contribution in [2.24, 2.45) is 5.92 Å². The molecular weight excluding hydrogens is 576 g/mol. The Kier molecular flexibility index (Phi) is 11.2. The van der Waals surface area contributed by atoms with Gasteiger partial charge in [-0.05, 0) is 88.2 Å². The molecule has 8 nitrogen and oxygen atoms in total. The molecule has 0 aromatic heterocycles. The Labute approximate surface area is 254 Å². The fourth-order valence-corrected chi connectivity index (χ4v) is 7.14. The number of benzene rings is 2. The van der Waals surface area contributed by atoms with Crippen LogP contribution in [0.15, 0.2) is 42.0 Å². The predicted octanol–water partition coefficient (Wildman–Crippen LogP) is 5.10. The second-order valence-corrected chi connectivity index (χ2v) is 13.6. The van der Waals surface area contributed by atoms with Crippen LogP contribution in [0.3, 0.4) is 0 Å². The maximum atomic E-state index is 14.4. The van der Waals surface area contributed by atoms with Gasteiger partial charge in [0.25, 0.3) is 5.91 Å². The third kappa shape index (κ3) is 9.23. The molecule has 0 radical (unpaired) electrons. The van der Waals surface area contributed by atoms with E-state index >= 15 is 0 Å². The van der Waals surface area contributed by atoms with Crippen molar-refractivity contribution in [2.45, 2.75) is 57.5 Å². The first-order chi connectivity index (χ1) is 20.5. The fraction of sp³-hybridized carbons (Fsp3) is 0.531. The predicted molar refractivity (Wildman–Crippen MR) is 164 cm³/mol. The van der Waals surface area contributed by atoms with Crippen molar-refractivity contribution in [1.29, 1.82) is 0 Å². The number of carbonyl (C=O) groups is 1. The minimum absolute atomic E-state index is 0.00377. The first-order valence-electron chi connectivity index (χ1n) is 14.8. The van der Waals surface area contributed by atoms with Crippen molar-refractivity contribution in [3.63, 3.8) is 0 Å². The summed E-state index contributed by atoms with van der Waals surface area (Å²) < 4.78 is 64.7. The first kappa shape index (κ1) is 32.9. The van der Waals surface area contributed by atoms with E-state index in [1.165, 1.54) is 32.6 Å². The maximum absolute atomic E-state index is 14.4. The SMILES string of the molecule is COc1ccc(C(=O)N(C/C(C)=C/c2ccc(F)cc2F)C[C@@H]2CCCN2C[C@H]2CC[C@H](NS(C)(=O)=O)CC2)cc1OC. The van der Waals surface area contributed by atoms with Gasteiger partial charge in [0, 0.05) is 48.9 Å². The minimum Gasteiger partial charge on any atom is -0.493 e. The zero-order valence-electron chi connectivity index (χ0n) is 25.4. The number of sulfonamides is 1. The number of methoxy groups -OCH3 is 2. The van der Waals surface area contributed by atoms with Crippen LogP contribution in [0.1, 0.15) is 61.4 Å². The molecule has 0 spiro atoms.